The van der Waals surface area contributed by atoms with Crippen LogP contribution < -0.4 is 5.32 Å². The Balaban J connectivity index is 1.33. The average Bonchev–Trinajstić information content (AvgIpc) is 3.51. The number of hydrogen-bond acceptors (Lipinski definition) is 5. The number of aromatic nitrogens is 1. The van der Waals surface area contributed by atoms with Crippen LogP contribution in [-0.2, 0) is 9.59 Å². The van der Waals surface area contributed by atoms with Crippen molar-refractivity contribution in [1.29, 1.82) is 0 Å². The molecule has 3 aliphatic rings. The molecule has 1 saturated carbocycles. The van der Waals surface area contributed by atoms with Crippen LogP contribution in [0.15, 0.2) is 41.9 Å². The van der Waals surface area contributed by atoms with Gasteiger partial charge in [0.15, 0.2) is 5.13 Å². The second kappa shape index (κ2) is 9.63. The topological polar surface area (TPSA) is 82.6 Å². The zero-order valence-electron chi connectivity index (χ0n) is 18.7. The molecule has 4 unspecified atom stereocenters. The van der Waals surface area contributed by atoms with Crippen LogP contribution in [-0.4, -0.2) is 57.7 Å². The minimum Gasteiger partial charge on any atom is -0.340 e. The lowest BCUT2D eigenvalue weighted by atomic mass is 9.84. The third kappa shape index (κ3) is 4.53. The van der Waals surface area contributed by atoms with Crippen LogP contribution in [0.25, 0.3) is 0 Å². The van der Waals surface area contributed by atoms with E-state index in [1.165, 1.54) is 11.3 Å². The first-order chi connectivity index (χ1) is 16.1. The molecular weight excluding hydrogens is 436 g/mol. The van der Waals surface area contributed by atoms with Crippen LogP contribution in [0, 0.1) is 11.8 Å². The van der Waals surface area contributed by atoms with Gasteiger partial charge in [-0.2, -0.15) is 0 Å². The van der Waals surface area contributed by atoms with Crippen molar-refractivity contribution in [3.05, 3.63) is 47.5 Å². The van der Waals surface area contributed by atoms with Gasteiger partial charge in [0.2, 0.25) is 11.8 Å². The van der Waals surface area contributed by atoms with Gasteiger partial charge in [-0.1, -0.05) is 31.0 Å². The highest BCUT2D eigenvalue weighted by molar-refractivity contribution is 7.13. The van der Waals surface area contributed by atoms with E-state index in [-0.39, 0.29) is 29.7 Å². The van der Waals surface area contributed by atoms with E-state index in [1.807, 2.05) is 45.5 Å². The molecule has 3 heterocycles. The number of nitrogens with one attached hydrogen (secondary N) is 1. The molecule has 174 valence electrons. The Labute approximate surface area is 198 Å². The lowest BCUT2D eigenvalue weighted by molar-refractivity contribution is -0.138. The molecule has 2 saturated heterocycles. The lowest BCUT2D eigenvalue weighted by Crippen LogP contribution is -2.53. The maximum absolute atomic E-state index is 13.8. The predicted molar refractivity (Wildman–Crippen MR) is 127 cm³/mol. The maximum atomic E-state index is 13.8. The van der Waals surface area contributed by atoms with Gasteiger partial charge in [0, 0.05) is 36.3 Å². The van der Waals surface area contributed by atoms with Crippen LogP contribution in [0.2, 0.25) is 0 Å². The Morgan fingerprint density at radius 1 is 1.03 bits per heavy atom. The van der Waals surface area contributed by atoms with E-state index in [0.717, 1.165) is 44.9 Å². The fraction of sp³-hybridized carbons (Fsp3) is 0.520. The van der Waals surface area contributed by atoms with Gasteiger partial charge in [-0.05, 0) is 50.2 Å². The summed E-state index contributed by atoms with van der Waals surface area (Å²) in [6.45, 7) is 1.04. The van der Waals surface area contributed by atoms with E-state index < -0.39 is 6.04 Å². The standard InChI is InChI=1S/C25H30N4O3S/c30-22(27-25-26-12-14-33-25)19-10-6-13-28(16-19)24(32)21-15-18-9-4-5-11-20(18)29(21)23(31)17-7-2-1-3-8-17/h1-3,7-8,12,14,18-21H,4-6,9-11,13,15-16H2,(H,26,27,30). The molecular formula is C25H30N4O3S. The van der Waals surface area contributed by atoms with Gasteiger partial charge in [-0.3, -0.25) is 14.4 Å². The molecule has 1 N–H and O–H groups in total. The SMILES string of the molecule is O=C(Nc1nccs1)C1CCCN(C(=O)C2CC3CCCCC3N2C(=O)c2ccccc2)C1. The molecule has 0 radical (unpaired) electrons. The van der Waals surface area contributed by atoms with E-state index in [9.17, 15) is 14.4 Å². The van der Waals surface area contributed by atoms with Crippen LogP contribution in [0.1, 0.15) is 55.3 Å². The molecule has 0 spiro atoms. The third-order valence-electron chi connectivity index (χ3n) is 7.39. The van der Waals surface area contributed by atoms with Crippen molar-refractivity contribution in [2.45, 2.75) is 57.0 Å². The van der Waals surface area contributed by atoms with Gasteiger partial charge in [-0.25, -0.2) is 4.98 Å². The molecule has 0 bridgehead atoms. The van der Waals surface area contributed by atoms with E-state index in [4.69, 9.17) is 0 Å². The quantitative estimate of drug-likeness (QED) is 0.743. The number of carbonyl (C=O) groups is 3. The Hall–Kier alpha value is -2.74. The number of fused-ring (bicyclic) bond motifs is 1. The third-order valence-corrected chi connectivity index (χ3v) is 8.08. The smallest absolute Gasteiger partial charge is 0.254 e. The van der Waals surface area contributed by atoms with Gasteiger partial charge in [0.1, 0.15) is 6.04 Å². The normalized spacial score (nSPS) is 27.2. The summed E-state index contributed by atoms with van der Waals surface area (Å²) < 4.78 is 0. The van der Waals surface area contributed by atoms with Crippen molar-refractivity contribution in [2.75, 3.05) is 18.4 Å². The van der Waals surface area contributed by atoms with Gasteiger partial charge in [-0.15, -0.1) is 11.3 Å². The summed E-state index contributed by atoms with van der Waals surface area (Å²) in [4.78, 5) is 47.9. The second-order valence-corrected chi connectivity index (χ2v) is 10.3. The van der Waals surface area contributed by atoms with E-state index in [0.29, 0.717) is 29.7 Å². The molecule has 5 rings (SSSR count). The molecule has 3 fully saturated rings. The number of thiazole rings is 1. The highest BCUT2D eigenvalue weighted by atomic mass is 32.1. The predicted octanol–water partition coefficient (Wildman–Crippen LogP) is 3.79. The molecule has 3 amide bonds. The zero-order chi connectivity index (χ0) is 22.8. The van der Waals surface area contributed by atoms with Crippen LogP contribution in [0.5, 0.6) is 0 Å². The summed E-state index contributed by atoms with van der Waals surface area (Å²) >= 11 is 1.39. The Morgan fingerprint density at radius 3 is 2.64 bits per heavy atom. The van der Waals surface area contributed by atoms with E-state index in [2.05, 4.69) is 10.3 Å². The fourth-order valence-electron chi connectivity index (χ4n) is 5.80. The van der Waals surface area contributed by atoms with Crippen molar-refractivity contribution in [1.82, 2.24) is 14.8 Å². The molecule has 1 aromatic heterocycles. The molecule has 2 aromatic rings. The first-order valence-corrected chi connectivity index (χ1v) is 12.9. The number of hydrogen-bond donors (Lipinski definition) is 1. The van der Waals surface area contributed by atoms with Crippen LogP contribution >= 0.6 is 11.3 Å². The second-order valence-electron chi connectivity index (χ2n) is 9.39. The van der Waals surface area contributed by atoms with Crippen LogP contribution in [0.3, 0.4) is 0 Å². The number of amides is 3. The number of benzene rings is 1. The van der Waals surface area contributed by atoms with Crippen molar-refractivity contribution in [3.63, 3.8) is 0 Å². The molecule has 1 aliphatic carbocycles. The summed E-state index contributed by atoms with van der Waals surface area (Å²) in [5, 5.41) is 5.29. The van der Waals surface area contributed by atoms with Crippen molar-refractivity contribution in [2.24, 2.45) is 11.8 Å². The van der Waals surface area contributed by atoms with E-state index in [1.54, 1.807) is 6.20 Å². The van der Waals surface area contributed by atoms with Gasteiger partial charge in [0.25, 0.3) is 5.91 Å². The largest absolute Gasteiger partial charge is 0.340 e. The maximum Gasteiger partial charge on any atom is 0.254 e. The number of nitrogens with zero attached hydrogens (tertiary/aromatic N) is 3. The molecule has 2 aliphatic heterocycles. The van der Waals surface area contributed by atoms with Crippen molar-refractivity contribution >= 4 is 34.2 Å². The molecule has 33 heavy (non-hydrogen) atoms. The summed E-state index contributed by atoms with van der Waals surface area (Å²) in [6, 6.07) is 9.00. The highest BCUT2D eigenvalue weighted by Crippen LogP contribution is 2.41. The van der Waals surface area contributed by atoms with Gasteiger partial charge < -0.3 is 15.1 Å². The molecule has 8 heteroatoms. The number of carbonyl (C=O) groups excluding carboxylic acids is 3. The zero-order valence-corrected chi connectivity index (χ0v) is 19.5. The minimum atomic E-state index is -0.438. The van der Waals surface area contributed by atoms with E-state index >= 15 is 0 Å². The number of likely N-dealkylation sites (tertiary alicyclic amines) is 2. The number of anilines is 1. The lowest BCUT2D eigenvalue weighted by Gasteiger charge is -2.37. The fourth-order valence-corrected chi connectivity index (χ4v) is 6.33. The molecule has 1 aromatic carbocycles. The summed E-state index contributed by atoms with van der Waals surface area (Å²) in [5.41, 5.74) is 0.640. The Bertz CT molecular complexity index is 996. The van der Waals surface area contributed by atoms with Crippen molar-refractivity contribution in [3.8, 4) is 0 Å². The average molecular weight is 467 g/mol. The first kappa shape index (κ1) is 22.1. The summed E-state index contributed by atoms with van der Waals surface area (Å²) in [6.07, 6.45) is 8.24. The molecule has 7 nitrogen and oxygen atoms in total. The van der Waals surface area contributed by atoms with Crippen LogP contribution in [0.4, 0.5) is 5.13 Å². The number of rotatable bonds is 4. The number of piperidine rings is 1. The monoisotopic (exact) mass is 466 g/mol. The highest BCUT2D eigenvalue weighted by Gasteiger charge is 2.49. The van der Waals surface area contributed by atoms with Gasteiger partial charge in [0.05, 0.1) is 5.92 Å². The summed E-state index contributed by atoms with van der Waals surface area (Å²) in [5.74, 6) is 0.00122. The minimum absolute atomic E-state index is 0.000398. The van der Waals surface area contributed by atoms with Gasteiger partial charge >= 0.3 is 0 Å². The molecule has 4 atom stereocenters. The van der Waals surface area contributed by atoms with Crippen molar-refractivity contribution < 1.29 is 14.4 Å². The summed E-state index contributed by atoms with van der Waals surface area (Å²) in [7, 11) is 0. The Kier molecular flexibility index (Phi) is 6.44. The Morgan fingerprint density at radius 2 is 1.85 bits per heavy atom. The first-order valence-electron chi connectivity index (χ1n) is 12.0.